The van der Waals surface area contributed by atoms with Crippen LogP contribution < -0.4 is 10.6 Å². The van der Waals surface area contributed by atoms with Gasteiger partial charge < -0.3 is 10.6 Å². The van der Waals surface area contributed by atoms with Gasteiger partial charge in [0.2, 0.25) is 5.91 Å². The molecular weight excluding hydrogens is 222 g/mol. The molecule has 0 radical (unpaired) electrons. The molecule has 2 N–H and O–H groups in total. The lowest BCUT2D eigenvalue weighted by atomic mass is 10.2. The van der Waals surface area contributed by atoms with Gasteiger partial charge in [0, 0.05) is 37.3 Å². The normalized spacial score (nSPS) is 9.76. The van der Waals surface area contributed by atoms with Crippen molar-refractivity contribution in [2.24, 2.45) is 0 Å². The number of nitro groups is 1. The second-order valence-corrected chi connectivity index (χ2v) is 3.67. The fourth-order valence-electron chi connectivity index (χ4n) is 1.42. The third-order valence-electron chi connectivity index (χ3n) is 2.22. The number of nitro benzene ring substituents is 1. The summed E-state index contributed by atoms with van der Waals surface area (Å²) in [5.41, 5.74) is 1.52. The van der Waals surface area contributed by atoms with Crippen molar-refractivity contribution in [3.05, 3.63) is 33.9 Å². The summed E-state index contributed by atoms with van der Waals surface area (Å²) in [5.74, 6) is -0.0771. The van der Waals surface area contributed by atoms with E-state index in [-0.39, 0.29) is 11.6 Å². The van der Waals surface area contributed by atoms with E-state index in [9.17, 15) is 14.9 Å². The summed E-state index contributed by atoms with van der Waals surface area (Å²) in [6.07, 6.45) is 0. The van der Waals surface area contributed by atoms with Crippen LogP contribution in [0.25, 0.3) is 0 Å². The third-order valence-corrected chi connectivity index (χ3v) is 2.22. The number of nitrogens with zero attached hydrogens (tertiary/aromatic N) is 1. The Morgan fingerprint density at radius 1 is 1.41 bits per heavy atom. The molecule has 0 aliphatic rings. The van der Waals surface area contributed by atoms with Crippen LogP contribution in [0.2, 0.25) is 0 Å². The summed E-state index contributed by atoms with van der Waals surface area (Å²) < 4.78 is 0. The first kappa shape index (κ1) is 13.0. The summed E-state index contributed by atoms with van der Waals surface area (Å²) in [6.45, 7) is 4.25. The van der Waals surface area contributed by atoms with Crippen molar-refractivity contribution in [1.29, 1.82) is 0 Å². The zero-order valence-electron chi connectivity index (χ0n) is 9.82. The van der Waals surface area contributed by atoms with Gasteiger partial charge in [-0.2, -0.15) is 0 Å². The average Bonchev–Trinajstić information content (AvgIpc) is 2.23. The number of hydrogen-bond donors (Lipinski definition) is 2. The highest BCUT2D eigenvalue weighted by atomic mass is 16.6. The molecule has 17 heavy (non-hydrogen) atoms. The van der Waals surface area contributed by atoms with Gasteiger partial charge in [-0.3, -0.25) is 14.9 Å². The second kappa shape index (κ2) is 5.83. The lowest BCUT2D eigenvalue weighted by Crippen LogP contribution is -2.26. The topological polar surface area (TPSA) is 84.3 Å². The molecule has 1 rings (SSSR count). The number of hydrogen-bond acceptors (Lipinski definition) is 4. The van der Waals surface area contributed by atoms with Crippen LogP contribution in [0.5, 0.6) is 0 Å². The minimum atomic E-state index is -0.406. The lowest BCUT2D eigenvalue weighted by molar-refractivity contribution is -0.385. The van der Waals surface area contributed by atoms with Gasteiger partial charge >= 0.3 is 0 Å². The number of amides is 1. The van der Waals surface area contributed by atoms with E-state index in [2.05, 4.69) is 10.6 Å². The number of aryl methyl sites for hydroxylation is 1. The maximum Gasteiger partial charge on any atom is 0.272 e. The van der Waals surface area contributed by atoms with Crippen LogP contribution in [0.1, 0.15) is 12.5 Å². The van der Waals surface area contributed by atoms with Gasteiger partial charge in [0.05, 0.1) is 4.92 Å². The largest absolute Gasteiger partial charge is 0.383 e. The van der Waals surface area contributed by atoms with E-state index in [0.29, 0.717) is 18.7 Å². The minimum Gasteiger partial charge on any atom is -0.383 e. The molecule has 6 nitrogen and oxygen atoms in total. The SMILES string of the molecule is CC(=O)NCCNc1ccc([N+](=O)[O-])c(C)c1. The molecule has 0 saturated heterocycles. The van der Waals surface area contributed by atoms with Crippen LogP contribution in [0, 0.1) is 17.0 Å². The number of benzene rings is 1. The highest BCUT2D eigenvalue weighted by Crippen LogP contribution is 2.21. The summed E-state index contributed by atoms with van der Waals surface area (Å²) in [5, 5.41) is 16.3. The molecule has 0 spiro atoms. The molecule has 0 aliphatic heterocycles. The second-order valence-electron chi connectivity index (χ2n) is 3.67. The zero-order valence-corrected chi connectivity index (χ0v) is 9.82. The number of rotatable bonds is 5. The van der Waals surface area contributed by atoms with Gasteiger partial charge in [-0.25, -0.2) is 0 Å². The van der Waals surface area contributed by atoms with Crippen LogP contribution in [-0.2, 0) is 4.79 Å². The molecule has 92 valence electrons. The van der Waals surface area contributed by atoms with E-state index in [4.69, 9.17) is 0 Å². The first-order valence-corrected chi connectivity index (χ1v) is 5.24. The van der Waals surface area contributed by atoms with Gasteiger partial charge in [0.15, 0.2) is 0 Å². The van der Waals surface area contributed by atoms with E-state index in [0.717, 1.165) is 5.69 Å². The van der Waals surface area contributed by atoms with Crippen LogP contribution in [-0.4, -0.2) is 23.9 Å². The highest BCUT2D eigenvalue weighted by molar-refractivity contribution is 5.72. The average molecular weight is 237 g/mol. The molecule has 0 bridgehead atoms. The molecular formula is C11H15N3O3. The Hall–Kier alpha value is -2.11. The zero-order chi connectivity index (χ0) is 12.8. The third kappa shape index (κ3) is 4.10. The Kier molecular flexibility index (Phi) is 4.45. The standard InChI is InChI=1S/C11H15N3O3/c1-8-7-10(3-4-11(8)14(16)17)13-6-5-12-9(2)15/h3-4,7,13H,5-6H2,1-2H3,(H,12,15). The molecule has 0 atom stereocenters. The molecule has 0 saturated carbocycles. The van der Waals surface area contributed by atoms with E-state index in [1.807, 2.05) is 0 Å². The predicted octanol–water partition coefficient (Wildman–Crippen LogP) is 1.45. The first-order valence-electron chi connectivity index (χ1n) is 5.24. The maximum absolute atomic E-state index is 10.6. The Bertz CT molecular complexity index is 432. The Labute approximate surface area is 99.2 Å². The Morgan fingerprint density at radius 3 is 2.65 bits per heavy atom. The van der Waals surface area contributed by atoms with Crippen molar-refractivity contribution in [3.8, 4) is 0 Å². The van der Waals surface area contributed by atoms with Gasteiger partial charge in [-0.15, -0.1) is 0 Å². The summed E-state index contributed by atoms with van der Waals surface area (Å²) in [6, 6.07) is 4.83. The lowest BCUT2D eigenvalue weighted by Gasteiger charge is -2.07. The molecule has 1 aromatic rings. The van der Waals surface area contributed by atoms with Crippen molar-refractivity contribution < 1.29 is 9.72 Å². The van der Waals surface area contributed by atoms with Crippen molar-refractivity contribution in [3.63, 3.8) is 0 Å². The quantitative estimate of drug-likeness (QED) is 0.461. The van der Waals surface area contributed by atoms with Gasteiger partial charge in [-0.05, 0) is 19.1 Å². The van der Waals surface area contributed by atoms with Gasteiger partial charge in [-0.1, -0.05) is 0 Å². The van der Waals surface area contributed by atoms with E-state index >= 15 is 0 Å². The molecule has 6 heteroatoms. The maximum atomic E-state index is 10.6. The molecule has 0 aromatic heterocycles. The first-order chi connectivity index (χ1) is 8.00. The number of nitrogens with one attached hydrogen (secondary N) is 2. The Balaban J connectivity index is 2.53. The monoisotopic (exact) mass is 237 g/mol. The van der Waals surface area contributed by atoms with Crippen LogP contribution >= 0.6 is 0 Å². The van der Waals surface area contributed by atoms with Crippen molar-refractivity contribution in [2.75, 3.05) is 18.4 Å². The van der Waals surface area contributed by atoms with Crippen LogP contribution in [0.15, 0.2) is 18.2 Å². The Morgan fingerprint density at radius 2 is 2.12 bits per heavy atom. The summed E-state index contributed by atoms with van der Waals surface area (Å²) in [7, 11) is 0. The molecule has 1 amide bonds. The highest BCUT2D eigenvalue weighted by Gasteiger charge is 2.09. The van der Waals surface area contributed by atoms with E-state index < -0.39 is 4.92 Å². The number of carbonyl (C=O) groups is 1. The molecule has 1 aromatic carbocycles. The van der Waals surface area contributed by atoms with Crippen LogP contribution in [0.3, 0.4) is 0 Å². The molecule has 0 heterocycles. The number of anilines is 1. The predicted molar refractivity (Wildman–Crippen MR) is 65.0 cm³/mol. The van der Waals surface area contributed by atoms with Crippen molar-refractivity contribution in [1.82, 2.24) is 5.32 Å². The van der Waals surface area contributed by atoms with Crippen LogP contribution in [0.4, 0.5) is 11.4 Å². The summed E-state index contributed by atoms with van der Waals surface area (Å²) in [4.78, 5) is 20.8. The fourth-order valence-corrected chi connectivity index (χ4v) is 1.42. The smallest absolute Gasteiger partial charge is 0.272 e. The van der Waals surface area contributed by atoms with E-state index in [1.54, 1.807) is 19.1 Å². The molecule has 0 aliphatic carbocycles. The summed E-state index contributed by atoms with van der Waals surface area (Å²) >= 11 is 0. The molecule has 0 fully saturated rings. The molecule has 0 unspecified atom stereocenters. The van der Waals surface area contributed by atoms with Crippen molar-refractivity contribution in [2.45, 2.75) is 13.8 Å². The van der Waals surface area contributed by atoms with E-state index in [1.165, 1.54) is 13.0 Å². The minimum absolute atomic E-state index is 0.0771. The van der Waals surface area contributed by atoms with Gasteiger partial charge in [0.25, 0.3) is 5.69 Å². The van der Waals surface area contributed by atoms with Crippen molar-refractivity contribution >= 4 is 17.3 Å². The number of carbonyl (C=O) groups excluding carboxylic acids is 1. The van der Waals surface area contributed by atoms with Gasteiger partial charge in [0.1, 0.15) is 0 Å². The fraction of sp³-hybridized carbons (Fsp3) is 0.364.